The summed E-state index contributed by atoms with van der Waals surface area (Å²) >= 11 is 6.42. The van der Waals surface area contributed by atoms with Crippen LogP contribution < -0.4 is 0 Å². The van der Waals surface area contributed by atoms with E-state index in [1.54, 1.807) is 11.1 Å². The first kappa shape index (κ1) is 15.3. The molecule has 0 saturated carbocycles. The van der Waals surface area contributed by atoms with E-state index >= 15 is 0 Å². The monoisotopic (exact) mass is 345 g/mol. The van der Waals surface area contributed by atoms with E-state index in [9.17, 15) is 4.79 Å². The lowest BCUT2D eigenvalue weighted by molar-refractivity contribution is 0.0648. The van der Waals surface area contributed by atoms with Gasteiger partial charge in [0.25, 0.3) is 17.6 Å². The number of pyridine rings is 1. The average molecular weight is 346 g/mol. The van der Waals surface area contributed by atoms with Crippen LogP contribution in [0.2, 0.25) is 5.02 Å². The van der Waals surface area contributed by atoms with Crippen LogP contribution in [0, 0.1) is 0 Å². The van der Waals surface area contributed by atoms with Crippen LogP contribution in [0.5, 0.6) is 0 Å². The largest absolute Gasteiger partial charge is 0.333 e. The van der Waals surface area contributed by atoms with E-state index in [1.807, 2.05) is 19.2 Å². The van der Waals surface area contributed by atoms with Gasteiger partial charge in [-0.2, -0.15) is 4.98 Å². The summed E-state index contributed by atoms with van der Waals surface area (Å²) in [5.41, 5.74) is 2.35. The number of halogens is 1. The Morgan fingerprint density at radius 1 is 1.29 bits per heavy atom. The number of fused-ring (bicyclic) bond motifs is 1. The van der Waals surface area contributed by atoms with Crippen molar-refractivity contribution in [2.24, 2.45) is 0 Å². The highest BCUT2D eigenvalue weighted by Gasteiger charge is 2.26. The molecule has 1 saturated heterocycles. The third kappa shape index (κ3) is 2.59. The highest BCUT2D eigenvalue weighted by molar-refractivity contribution is 6.34. The second-order valence-corrected chi connectivity index (χ2v) is 6.35. The zero-order valence-corrected chi connectivity index (χ0v) is 14.0. The van der Waals surface area contributed by atoms with Crippen molar-refractivity contribution >= 4 is 23.6 Å². The molecule has 0 radical (unpaired) electrons. The van der Waals surface area contributed by atoms with Crippen molar-refractivity contribution in [3.05, 3.63) is 34.4 Å². The third-order valence-corrected chi connectivity index (χ3v) is 4.77. The molecule has 0 unspecified atom stereocenters. The fourth-order valence-electron chi connectivity index (χ4n) is 2.88. The first-order valence-electron chi connectivity index (χ1n) is 7.79. The fraction of sp³-hybridized carbons (Fsp3) is 0.375. The number of hydrogen-bond donors (Lipinski definition) is 0. The number of amides is 1. The Labute approximate surface area is 143 Å². The molecule has 0 aromatic carbocycles. The van der Waals surface area contributed by atoms with Gasteiger partial charge in [-0.25, -0.2) is 0 Å². The summed E-state index contributed by atoms with van der Waals surface area (Å²) in [4.78, 5) is 25.0. The summed E-state index contributed by atoms with van der Waals surface area (Å²) < 4.78 is 5.26. The second-order valence-electron chi connectivity index (χ2n) is 5.97. The van der Waals surface area contributed by atoms with Gasteiger partial charge in [-0.1, -0.05) is 28.9 Å². The van der Waals surface area contributed by atoms with Gasteiger partial charge in [-0.15, -0.1) is 0 Å². The SMILES string of the molecule is CN1CCN(C(=O)c2noc(-c3cnc4c(c3Cl)C=CC4)n2)CC1. The Hall–Kier alpha value is -2.25. The maximum atomic E-state index is 12.5. The number of nitrogens with zero attached hydrogens (tertiary/aromatic N) is 5. The molecule has 1 amide bonds. The van der Waals surface area contributed by atoms with Crippen LogP contribution in [0.15, 0.2) is 16.8 Å². The molecule has 2 aliphatic rings. The van der Waals surface area contributed by atoms with E-state index in [-0.39, 0.29) is 17.6 Å². The summed E-state index contributed by atoms with van der Waals surface area (Å²) in [6.45, 7) is 2.99. The Bertz CT molecular complexity index is 824. The van der Waals surface area contributed by atoms with Gasteiger partial charge < -0.3 is 14.3 Å². The van der Waals surface area contributed by atoms with Crippen LogP contribution in [0.1, 0.15) is 21.9 Å². The van der Waals surface area contributed by atoms with Crippen molar-refractivity contribution < 1.29 is 9.32 Å². The molecule has 0 N–H and O–H groups in total. The zero-order chi connectivity index (χ0) is 16.7. The first-order chi connectivity index (χ1) is 11.6. The van der Waals surface area contributed by atoms with E-state index < -0.39 is 0 Å². The van der Waals surface area contributed by atoms with E-state index in [0.717, 1.165) is 30.8 Å². The Morgan fingerprint density at radius 2 is 2.08 bits per heavy atom. The molecular weight excluding hydrogens is 330 g/mol. The van der Waals surface area contributed by atoms with Crippen molar-refractivity contribution in [3.63, 3.8) is 0 Å². The van der Waals surface area contributed by atoms with Crippen LogP contribution in [-0.4, -0.2) is 64.1 Å². The van der Waals surface area contributed by atoms with Gasteiger partial charge >= 0.3 is 0 Å². The maximum absolute atomic E-state index is 12.5. The molecule has 2 aromatic heterocycles. The second kappa shape index (κ2) is 5.99. The molecule has 0 spiro atoms. The summed E-state index contributed by atoms with van der Waals surface area (Å²) in [5.74, 6) is 0.0537. The van der Waals surface area contributed by atoms with Crippen molar-refractivity contribution in [2.75, 3.05) is 33.2 Å². The summed E-state index contributed by atoms with van der Waals surface area (Å²) in [6.07, 6.45) is 6.32. The standard InChI is InChI=1S/C16H16ClN5O2/c1-21-5-7-22(8-6-21)16(23)14-19-15(24-20-14)11-9-18-12-4-2-3-10(12)13(11)17/h2-3,9H,4-8H2,1H3. The van der Waals surface area contributed by atoms with Gasteiger partial charge in [0.05, 0.1) is 16.3 Å². The minimum absolute atomic E-state index is 0.0571. The third-order valence-electron chi connectivity index (χ3n) is 4.37. The minimum Gasteiger partial charge on any atom is -0.333 e. The molecular formula is C16H16ClN5O2. The van der Waals surface area contributed by atoms with Crippen molar-refractivity contribution in [1.82, 2.24) is 24.9 Å². The van der Waals surface area contributed by atoms with Gasteiger partial charge in [0.1, 0.15) is 0 Å². The van der Waals surface area contributed by atoms with Gasteiger partial charge in [0.15, 0.2) is 0 Å². The molecule has 7 nitrogen and oxygen atoms in total. The molecule has 1 aliphatic carbocycles. The average Bonchev–Trinajstić information content (AvgIpc) is 3.25. The summed E-state index contributed by atoms with van der Waals surface area (Å²) in [7, 11) is 2.03. The predicted octanol–water partition coefficient (Wildman–Crippen LogP) is 1.74. The number of allylic oxidation sites excluding steroid dienone is 1. The lowest BCUT2D eigenvalue weighted by Crippen LogP contribution is -2.47. The van der Waals surface area contributed by atoms with Crippen LogP contribution in [0.3, 0.4) is 0 Å². The van der Waals surface area contributed by atoms with Crippen LogP contribution in [-0.2, 0) is 6.42 Å². The van der Waals surface area contributed by atoms with Crippen LogP contribution in [0.25, 0.3) is 17.5 Å². The molecule has 1 fully saturated rings. The van der Waals surface area contributed by atoms with Crippen molar-refractivity contribution in [2.45, 2.75) is 6.42 Å². The normalized spacial score (nSPS) is 17.3. The highest BCUT2D eigenvalue weighted by Crippen LogP contribution is 2.34. The Balaban J connectivity index is 1.59. The van der Waals surface area contributed by atoms with Crippen molar-refractivity contribution in [3.8, 4) is 11.5 Å². The Morgan fingerprint density at radius 3 is 2.88 bits per heavy atom. The van der Waals surface area contributed by atoms with Gasteiger partial charge in [0.2, 0.25) is 0 Å². The number of carbonyl (C=O) groups excluding carboxylic acids is 1. The lowest BCUT2D eigenvalue weighted by Gasteiger charge is -2.31. The number of piperazine rings is 1. The van der Waals surface area contributed by atoms with E-state index in [0.29, 0.717) is 23.7 Å². The molecule has 1 aliphatic heterocycles. The van der Waals surface area contributed by atoms with Crippen LogP contribution >= 0.6 is 11.6 Å². The van der Waals surface area contributed by atoms with E-state index in [4.69, 9.17) is 16.1 Å². The molecule has 3 heterocycles. The topological polar surface area (TPSA) is 75.4 Å². The fourth-order valence-corrected chi connectivity index (χ4v) is 3.18. The molecule has 8 heteroatoms. The quantitative estimate of drug-likeness (QED) is 0.825. The lowest BCUT2D eigenvalue weighted by atomic mass is 10.1. The number of aromatic nitrogens is 3. The first-order valence-corrected chi connectivity index (χ1v) is 8.17. The number of rotatable bonds is 2. The molecule has 124 valence electrons. The van der Waals surface area contributed by atoms with Gasteiger partial charge in [-0.3, -0.25) is 9.78 Å². The zero-order valence-electron chi connectivity index (χ0n) is 13.2. The number of likely N-dealkylation sites (N-methyl/N-ethyl adjacent to an activating group) is 1. The smallest absolute Gasteiger partial charge is 0.295 e. The molecule has 4 rings (SSSR count). The highest BCUT2D eigenvalue weighted by atomic mass is 35.5. The van der Waals surface area contributed by atoms with Gasteiger partial charge in [0, 0.05) is 44.4 Å². The van der Waals surface area contributed by atoms with E-state index in [2.05, 4.69) is 20.0 Å². The van der Waals surface area contributed by atoms with E-state index in [1.165, 1.54) is 0 Å². The van der Waals surface area contributed by atoms with Gasteiger partial charge in [-0.05, 0) is 7.05 Å². The summed E-state index contributed by atoms with van der Waals surface area (Å²) in [5, 5.41) is 4.35. The molecule has 0 bridgehead atoms. The van der Waals surface area contributed by atoms with Crippen LogP contribution in [0.4, 0.5) is 0 Å². The minimum atomic E-state index is -0.219. The number of hydrogen-bond acceptors (Lipinski definition) is 6. The summed E-state index contributed by atoms with van der Waals surface area (Å²) in [6, 6.07) is 0. The Kier molecular flexibility index (Phi) is 3.82. The van der Waals surface area contributed by atoms with Crippen molar-refractivity contribution in [1.29, 1.82) is 0 Å². The maximum Gasteiger partial charge on any atom is 0.295 e. The predicted molar refractivity (Wildman–Crippen MR) is 88.7 cm³/mol. The molecule has 0 atom stereocenters. The molecule has 24 heavy (non-hydrogen) atoms. The molecule has 2 aromatic rings. The number of carbonyl (C=O) groups is 1.